The van der Waals surface area contributed by atoms with Crippen molar-refractivity contribution in [1.29, 1.82) is 0 Å². The van der Waals surface area contributed by atoms with E-state index in [1.54, 1.807) is 7.11 Å². The van der Waals surface area contributed by atoms with Crippen molar-refractivity contribution in [2.75, 3.05) is 20.3 Å². The lowest BCUT2D eigenvalue weighted by molar-refractivity contribution is -0.107. The van der Waals surface area contributed by atoms with Crippen molar-refractivity contribution in [2.24, 2.45) is 5.73 Å². The molecule has 1 aromatic rings. The number of hydrogen-bond acceptors (Lipinski definition) is 4. The van der Waals surface area contributed by atoms with Gasteiger partial charge in [-0.2, -0.15) is 0 Å². The van der Waals surface area contributed by atoms with Crippen molar-refractivity contribution in [3.05, 3.63) is 29.8 Å². The first-order valence-electron chi connectivity index (χ1n) is 7.86. The van der Waals surface area contributed by atoms with Gasteiger partial charge in [-0.25, -0.2) is 0 Å². The van der Waals surface area contributed by atoms with Crippen LogP contribution < -0.4 is 10.5 Å². The summed E-state index contributed by atoms with van der Waals surface area (Å²) >= 11 is 0. The third kappa shape index (κ3) is 4.70. The van der Waals surface area contributed by atoms with E-state index in [1.807, 2.05) is 12.1 Å². The zero-order valence-corrected chi connectivity index (χ0v) is 13.1. The number of benzene rings is 1. The first-order chi connectivity index (χ1) is 10.2. The Morgan fingerprint density at radius 3 is 2.57 bits per heavy atom. The maximum absolute atomic E-state index is 5.98. The molecule has 0 saturated heterocycles. The van der Waals surface area contributed by atoms with Crippen molar-refractivity contribution in [2.45, 2.75) is 50.9 Å². The quantitative estimate of drug-likeness (QED) is 0.711. The van der Waals surface area contributed by atoms with E-state index in [4.69, 9.17) is 19.9 Å². The fraction of sp³-hybridized carbons (Fsp3) is 0.647. The second-order valence-electron chi connectivity index (χ2n) is 5.63. The van der Waals surface area contributed by atoms with Crippen LogP contribution in [0.4, 0.5) is 0 Å². The fourth-order valence-corrected chi connectivity index (χ4v) is 2.52. The Morgan fingerprint density at radius 2 is 1.95 bits per heavy atom. The second kappa shape index (κ2) is 8.37. The Bertz CT molecular complexity index is 407. The fourth-order valence-electron chi connectivity index (χ4n) is 2.52. The van der Waals surface area contributed by atoms with Crippen LogP contribution >= 0.6 is 0 Å². The zero-order chi connectivity index (χ0) is 15.1. The molecule has 1 aliphatic carbocycles. The molecule has 2 rings (SSSR count). The number of hydrogen-bond donors (Lipinski definition) is 1. The molecule has 1 aliphatic rings. The number of methoxy groups -OCH3 is 1. The van der Waals surface area contributed by atoms with Crippen LogP contribution in [-0.4, -0.2) is 38.6 Å². The molecule has 2 N–H and O–H groups in total. The van der Waals surface area contributed by atoms with E-state index in [-0.39, 0.29) is 18.2 Å². The minimum absolute atomic E-state index is 0.0279. The van der Waals surface area contributed by atoms with Crippen molar-refractivity contribution in [1.82, 2.24) is 0 Å². The van der Waals surface area contributed by atoms with Crippen LogP contribution in [0.2, 0.25) is 0 Å². The summed E-state index contributed by atoms with van der Waals surface area (Å²) in [6.07, 6.45) is 4.45. The van der Waals surface area contributed by atoms with E-state index >= 15 is 0 Å². The van der Waals surface area contributed by atoms with Crippen molar-refractivity contribution in [3.8, 4) is 5.75 Å². The van der Waals surface area contributed by atoms with Crippen LogP contribution in [0.3, 0.4) is 0 Å². The molecule has 118 valence electrons. The van der Waals surface area contributed by atoms with Crippen LogP contribution in [-0.2, 0) is 15.9 Å². The summed E-state index contributed by atoms with van der Waals surface area (Å²) in [6, 6.07) is 8.44. The molecule has 1 saturated carbocycles. The molecule has 0 amide bonds. The highest BCUT2D eigenvalue weighted by atomic mass is 16.6. The largest absolute Gasteiger partial charge is 0.488 e. The third-order valence-electron chi connectivity index (χ3n) is 3.92. The standard InChI is InChI=1S/C17H27NO3/c1-3-4-5-13-6-8-14(9-7-13)21-16-12-15(18)17(16)20-11-10-19-2/h6-9,15-17H,3-5,10-12,18H2,1-2H3. The van der Waals surface area contributed by atoms with Crippen molar-refractivity contribution < 1.29 is 14.2 Å². The van der Waals surface area contributed by atoms with Gasteiger partial charge in [0.2, 0.25) is 0 Å². The van der Waals surface area contributed by atoms with Gasteiger partial charge in [0, 0.05) is 19.6 Å². The Labute approximate surface area is 127 Å². The predicted octanol–water partition coefficient (Wildman–Crippen LogP) is 2.54. The van der Waals surface area contributed by atoms with E-state index in [1.165, 1.54) is 18.4 Å². The summed E-state index contributed by atoms with van der Waals surface area (Å²) in [7, 11) is 1.66. The number of nitrogens with two attached hydrogens (primary N) is 1. The van der Waals surface area contributed by atoms with Gasteiger partial charge in [0.15, 0.2) is 0 Å². The molecule has 4 nitrogen and oxygen atoms in total. The Hall–Kier alpha value is -1.10. The van der Waals surface area contributed by atoms with E-state index < -0.39 is 0 Å². The van der Waals surface area contributed by atoms with Gasteiger partial charge in [0.25, 0.3) is 0 Å². The number of aryl methyl sites for hydroxylation is 1. The molecule has 4 heteroatoms. The van der Waals surface area contributed by atoms with Crippen LogP contribution in [0.15, 0.2) is 24.3 Å². The normalized spacial score (nSPS) is 24.6. The summed E-state index contributed by atoms with van der Waals surface area (Å²) in [6.45, 7) is 3.35. The number of ether oxygens (including phenoxy) is 3. The van der Waals surface area contributed by atoms with Crippen LogP contribution in [0, 0.1) is 0 Å². The molecule has 1 aromatic carbocycles. The van der Waals surface area contributed by atoms with Gasteiger partial charge in [-0.1, -0.05) is 25.5 Å². The van der Waals surface area contributed by atoms with Gasteiger partial charge in [0.1, 0.15) is 18.0 Å². The first kappa shape index (κ1) is 16.3. The SMILES string of the molecule is CCCCc1ccc(OC2CC(N)C2OCCOC)cc1. The van der Waals surface area contributed by atoms with Gasteiger partial charge in [-0.3, -0.25) is 0 Å². The molecule has 3 atom stereocenters. The summed E-state index contributed by atoms with van der Waals surface area (Å²) < 4.78 is 16.7. The molecule has 1 fully saturated rings. The van der Waals surface area contributed by atoms with E-state index in [0.717, 1.165) is 18.6 Å². The summed E-state index contributed by atoms with van der Waals surface area (Å²) in [5, 5.41) is 0. The predicted molar refractivity (Wildman–Crippen MR) is 83.7 cm³/mol. The van der Waals surface area contributed by atoms with E-state index in [9.17, 15) is 0 Å². The summed E-state index contributed by atoms with van der Waals surface area (Å²) in [5.41, 5.74) is 7.35. The number of rotatable bonds is 9. The topological polar surface area (TPSA) is 53.7 Å². The van der Waals surface area contributed by atoms with Gasteiger partial charge < -0.3 is 19.9 Å². The molecular formula is C17H27NO3. The molecule has 0 radical (unpaired) electrons. The van der Waals surface area contributed by atoms with Gasteiger partial charge in [-0.05, 0) is 30.5 Å². The molecule has 0 aliphatic heterocycles. The first-order valence-corrected chi connectivity index (χ1v) is 7.86. The third-order valence-corrected chi connectivity index (χ3v) is 3.92. The Morgan fingerprint density at radius 1 is 1.19 bits per heavy atom. The Balaban J connectivity index is 1.80. The van der Waals surface area contributed by atoms with E-state index in [0.29, 0.717) is 13.2 Å². The number of unbranched alkanes of at least 4 members (excludes halogenated alkanes) is 1. The molecule has 3 unspecified atom stereocenters. The lowest BCUT2D eigenvalue weighted by Gasteiger charge is -2.41. The van der Waals surface area contributed by atoms with Gasteiger partial charge in [-0.15, -0.1) is 0 Å². The molecule has 0 aromatic heterocycles. The highest BCUT2D eigenvalue weighted by molar-refractivity contribution is 5.28. The maximum Gasteiger partial charge on any atom is 0.128 e. The Kier molecular flexibility index (Phi) is 6.49. The molecule has 21 heavy (non-hydrogen) atoms. The zero-order valence-electron chi connectivity index (χ0n) is 13.1. The minimum atomic E-state index is -0.0279. The molecule has 0 bridgehead atoms. The van der Waals surface area contributed by atoms with Crippen molar-refractivity contribution >= 4 is 0 Å². The second-order valence-corrected chi connectivity index (χ2v) is 5.63. The highest BCUT2D eigenvalue weighted by Crippen LogP contribution is 2.28. The van der Waals surface area contributed by atoms with Gasteiger partial charge >= 0.3 is 0 Å². The molecule has 0 spiro atoms. The van der Waals surface area contributed by atoms with Crippen LogP contribution in [0.5, 0.6) is 5.75 Å². The average molecular weight is 293 g/mol. The minimum Gasteiger partial charge on any atom is -0.488 e. The maximum atomic E-state index is 5.98. The van der Waals surface area contributed by atoms with Gasteiger partial charge in [0.05, 0.1) is 13.2 Å². The lowest BCUT2D eigenvalue weighted by atomic mass is 9.86. The van der Waals surface area contributed by atoms with E-state index in [2.05, 4.69) is 19.1 Å². The molecule has 0 heterocycles. The highest BCUT2D eigenvalue weighted by Gasteiger charge is 2.41. The van der Waals surface area contributed by atoms with Crippen LogP contribution in [0.25, 0.3) is 0 Å². The lowest BCUT2D eigenvalue weighted by Crippen LogP contribution is -2.59. The average Bonchev–Trinajstić information content (AvgIpc) is 2.50. The monoisotopic (exact) mass is 293 g/mol. The van der Waals surface area contributed by atoms with Crippen LogP contribution in [0.1, 0.15) is 31.7 Å². The summed E-state index contributed by atoms with van der Waals surface area (Å²) in [4.78, 5) is 0. The molecular weight excluding hydrogens is 266 g/mol. The smallest absolute Gasteiger partial charge is 0.128 e. The summed E-state index contributed by atoms with van der Waals surface area (Å²) in [5.74, 6) is 0.896. The van der Waals surface area contributed by atoms with Crippen molar-refractivity contribution in [3.63, 3.8) is 0 Å².